The number of carbonyl (C=O) groups is 1. The van der Waals surface area contributed by atoms with Crippen LogP contribution in [0.1, 0.15) is 5.56 Å². The van der Waals surface area contributed by atoms with E-state index in [9.17, 15) is 14.9 Å². The molecule has 0 spiro atoms. The van der Waals surface area contributed by atoms with E-state index in [2.05, 4.69) is 20.5 Å². The lowest BCUT2D eigenvalue weighted by Gasteiger charge is -2.03. The number of nitrogens with zero attached hydrogens (tertiary/aromatic N) is 6. The molecule has 104 valence electrons. The highest BCUT2D eigenvalue weighted by atomic mass is 32.2. The highest BCUT2D eigenvalue weighted by molar-refractivity contribution is 7.99. The standard InChI is InChI=1S/C9H8N6O4S/c1-5-2-3-10-8(7(5)15(18)19)20-9-11-12-13-14(9)4-6(16)17/h2-3H,4H2,1H3,(H,16,17). The van der Waals surface area contributed by atoms with Gasteiger partial charge in [0.15, 0.2) is 5.03 Å². The molecule has 0 atom stereocenters. The second-order valence-corrected chi connectivity index (χ2v) is 4.61. The first-order valence-electron chi connectivity index (χ1n) is 5.25. The van der Waals surface area contributed by atoms with Crippen molar-refractivity contribution in [3.8, 4) is 0 Å². The monoisotopic (exact) mass is 296 g/mol. The van der Waals surface area contributed by atoms with E-state index in [4.69, 9.17) is 5.11 Å². The minimum Gasteiger partial charge on any atom is -0.480 e. The van der Waals surface area contributed by atoms with Gasteiger partial charge in [0, 0.05) is 11.8 Å². The molecule has 1 N–H and O–H groups in total. The van der Waals surface area contributed by atoms with Crippen molar-refractivity contribution in [2.45, 2.75) is 23.7 Å². The van der Waals surface area contributed by atoms with E-state index in [1.54, 1.807) is 6.92 Å². The summed E-state index contributed by atoms with van der Waals surface area (Å²) in [5.41, 5.74) is 0.298. The zero-order valence-corrected chi connectivity index (χ0v) is 10.9. The molecule has 0 aliphatic heterocycles. The number of pyridine rings is 1. The van der Waals surface area contributed by atoms with Crippen LogP contribution in [0.2, 0.25) is 0 Å². The molecule has 2 aromatic heterocycles. The molecule has 11 heteroatoms. The molecule has 0 aromatic carbocycles. The fraction of sp³-hybridized carbons (Fsp3) is 0.222. The minimum atomic E-state index is -1.12. The number of aromatic nitrogens is 5. The summed E-state index contributed by atoms with van der Waals surface area (Å²) < 4.78 is 1.03. The van der Waals surface area contributed by atoms with Crippen molar-refractivity contribution in [2.75, 3.05) is 0 Å². The molecule has 2 rings (SSSR count). The van der Waals surface area contributed by atoms with E-state index in [1.807, 2.05) is 0 Å². The summed E-state index contributed by atoms with van der Waals surface area (Å²) in [7, 11) is 0. The van der Waals surface area contributed by atoms with Crippen LogP contribution in [0.5, 0.6) is 0 Å². The summed E-state index contributed by atoms with van der Waals surface area (Å²) in [4.78, 5) is 25.1. The van der Waals surface area contributed by atoms with Gasteiger partial charge in [-0.3, -0.25) is 14.9 Å². The maximum Gasteiger partial charge on any atom is 0.325 e. The van der Waals surface area contributed by atoms with Crippen LogP contribution < -0.4 is 0 Å². The summed E-state index contributed by atoms with van der Waals surface area (Å²) in [5, 5.41) is 30.5. The van der Waals surface area contributed by atoms with Crippen molar-refractivity contribution in [3.05, 3.63) is 27.9 Å². The maximum absolute atomic E-state index is 11.0. The predicted molar refractivity (Wildman–Crippen MR) is 65.2 cm³/mol. The summed E-state index contributed by atoms with van der Waals surface area (Å²) in [6.07, 6.45) is 1.43. The van der Waals surface area contributed by atoms with Crippen molar-refractivity contribution in [3.63, 3.8) is 0 Å². The third-order valence-corrected chi connectivity index (χ3v) is 3.21. The van der Waals surface area contributed by atoms with Gasteiger partial charge < -0.3 is 5.11 Å². The second kappa shape index (κ2) is 5.61. The lowest BCUT2D eigenvalue weighted by atomic mass is 10.3. The number of nitro groups is 1. The second-order valence-electron chi connectivity index (χ2n) is 3.65. The van der Waals surface area contributed by atoms with Gasteiger partial charge in [0.2, 0.25) is 5.16 Å². The fourth-order valence-electron chi connectivity index (χ4n) is 1.41. The van der Waals surface area contributed by atoms with Crippen molar-refractivity contribution in [1.82, 2.24) is 25.2 Å². The first kappa shape index (κ1) is 13.9. The lowest BCUT2D eigenvalue weighted by molar-refractivity contribution is -0.388. The van der Waals surface area contributed by atoms with E-state index < -0.39 is 17.4 Å². The molecule has 0 unspecified atom stereocenters. The molecule has 0 fully saturated rings. The van der Waals surface area contributed by atoms with E-state index in [0.717, 1.165) is 16.4 Å². The van der Waals surface area contributed by atoms with Crippen molar-refractivity contribution >= 4 is 23.4 Å². The molecule has 2 heterocycles. The SMILES string of the molecule is Cc1ccnc(Sc2nnnn2CC(=O)O)c1[N+](=O)[O-]. The number of hydrogen-bond donors (Lipinski definition) is 1. The van der Waals surface area contributed by atoms with E-state index in [1.165, 1.54) is 12.3 Å². The first-order valence-corrected chi connectivity index (χ1v) is 6.06. The van der Waals surface area contributed by atoms with Gasteiger partial charge in [0.05, 0.1) is 4.92 Å². The Kier molecular flexibility index (Phi) is 3.89. The molecule has 0 radical (unpaired) electrons. The Morgan fingerprint density at radius 2 is 2.35 bits per heavy atom. The lowest BCUT2D eigenvalue weighted by Crippen LogP contribution is -2.11. The first-order chi connectivity index (χ1) is 9.49. The molecule has 20 heavy (non-hydrogen) atoms. The smallest absolute Gasteiger partial charge is 0.325 e. The molecular formula is C9H8N6O4S. The van der Waals surface area contributed by atoms with Gasteiger partial charge in [0.1, 0.15) is 6.54 Å². The number of carboxylic acid groups (broad SMARTS) is 1. The summed E-state index contributed by atoms with van der Waals surface area (Å²) >= 11 is 0.843. The van der Waals surface area contributed by atoms with Crippen LogP contribution in [-0.4, -0.2) is 41.2 Å². The average Bonchev–Trinajstić information content (AvgIpc) is 2.75. The highest BCUT2D eigenvalue weighted by Gasteiger charge is 2.22. The van der Waals surface area contributed by atoms with Gasteiger partial charge in [0.25, 0.3) is 0 Å². The van der Waals surface area contributed by atoms with Gasteiger partial charge in [-0.1, -0.05) is 0 Å². The molecule has 0 aliphatic rings. The van der Waals surface area contributed by atoms with Crippen LogP contribution in [0.3, 0.4) is 0 Å². The number of rotatable bonds is 5. The number of hydrogen-bond acceptors (Lipinski definition) is 8. The van der Waals surface area contributed by atoms with Crippen molar-refractivity contribution in [2.24, 2.45) is 0 Å². The number of aryl methyl sites for hydroxylation is 1. The Labute approximate surface area is 116 Å². The third-order valence-electron chi connectivity index (χ3n) is 2.25. The topological polar surface area (TPSA) is 137 Å². The Hall–Kier alpha value is -2.56. The summed E-state index contributed by atoms with van der Waals surface area (Å²) in [5.74, 6) is -1.12. The Balaban J connectivity index is 2.36. The molecule has 0 saturated heterocycles. The normalized spacial score (nSPS) is 10.4. The molecule has 2 aromatic rings. The average molecular weight is 296 g/mol. The van der Waals surface area contributed by atoms with E-state index >= 15 is 0 Å². The molecule has 0 bridgehead atoms. The van der Waals surface area contributed by atoms with E-state index in [0.29, 0.717) is 5.56 Å². The fourth-order valence-corrected chi connectivity index (χ4v) is 2.31. The third kappa shape index (κ3) is 2.88. The Morgan fingerprint density at radius 3 is 3.00 bits per heavy atom. The predicted octanol–water partition coefficient (Wildman–Crippen LogP) is 0.521. The summed E-state index contributed by atoms with van der Waals surface area (Å²) in [6, 6.07) is 1.52. The summed E-state index contributed by atoms with van der Waals surface area (Å²) in [6.45, 7) is 1.15. The van der Waals surface area contributed by atoms with Crippen LogP contribution in [0.15, 0.2) is 22.4 Å². The zero-order chi connectivity index (χ0) is 14.7. The minimum absolute atomic E-state index is 0.108. The van der Waals surface area contributed by atoms with Crippen molar-refractivity contribution < 1.29 is 14.8 Å². The maximum atomic E-state index is 11.0. The van der Waals surface area contributed by atoms with Crippen LogP contribution in [0.25, 0.3) is 0 Å². The van der Waals surface area contributed by atoms with E-state index in [-0.39, 0.29) is 15.9 Å². The Bertz CT molecular complexity index is 672. The largest absolute Gasteiger partial charge is 0.480 e. The van der Waals surface area contributed by atoms with Gasteiger partial charge in [-0.15, -0.1) is 5.10 Å². The Morgan fingerprint density at radius 1 is 1.60 bits per heavy atom. The van der Waals surface area contributed by atoms with Crippen LogP contribution in [0, 0.1) is 17.0 Å². The molecule has 10 nitrogen and oxygen atoms in total. The van der Waals surface area contributed by atoms with Crippen LogP contribution >= 0.6 is 11.8 Å². The number of tetrazole rings is 1. The van der Waals surface area contributed by atoms with Crippen LogP contribution in [0.4, 0.5) is 5.69 Å². The quantitative estimate of drug-likeness (QED) is 0.618. The van der Waals surface area contributed by atoms with Gasteiger partial charge in [-0.2, -0.15) is 0 Å². The number of aliphatic carboxylic acids is 1. The highest BCUT2D eigenvalue weighted by Crippen LogP contribution is 2.33. The molecule has 0 aliphatic carbocycles. The zero-order valence-electron chi connectivity index (χ0n) is 10.1. The van der Waals surface area contributed by atoms with Crippen LogP contribution in [-0.2, 0) is 11.3 Å². The molecular weight excluding hydrogens is 288 g/mol. The molecule has 0 amide bonds. The number of carboxylic acids is 1. The molecule has 0 saturated carbocycles. The van der Waals surface area contributed by atoms with Gasteiger partial charge in [-0.25, -0.2) is 9.67 Å². The van der Waals surface area contributed by atoms with Gasteiger partial charge in [-0.05, 0) is 35.2 Å². The van der Waals surface area contributed by atoms with Gasteiger partial charge >= 0.3 is 11.7 Å². The van der Waals surface area contributed by atoms with Crippen molar-refractivity contribution in [1.29, 1.82) is 0 Å².